The van der Waals surface area contributed by atoms with Gasteiger partial charge in [0.2, 0.25) is 0 Å². The number of urea groups is 1. The van der Waals surface area contributed by atoms with Crippen LogP contribution in [0.15, 0.2) is 67.0 Å². The third kappa shape index (κ3) is 3.87. The molecule has 1 atom stereocenters. The molecule has 2 heterocycles. The van der Waals surface area contributed by atoms with Crippen LogP contribution in [0.25, 0.3) is 0 Å². The molecular formula is C22H24N4O. The van der Waals surface area contributed by atoms with Gasteiger partial charge in [0.25, 0.3) is 0 Å². The van der Waals surface area contributed by atoms with Gasteiger partial charge in [-0.05, 0) is 54.7 Å². The molecule has 1 N–H and O–H groups in total. The lowest BCUT2D eigenvalue weighted by Gasteiger charge is -2.26. The summed E-state index contributed by atoms with van der Waals surface area (Å²) in [6.07, 6.45) is 5.75. The van der Waals surface area contributed by atoms with Crippen LogP contribution in [0.2, 0.25) is 0 Å². The maximum Gasteiger partial charge on any atom is 0.322 e. The predicted molar refractivity (Wildman–Crippen MR) is 107 cm³/mol. The van der Waals surface area contributed by atoms with E-state index in [4.69, 9.17) is 0 Å². The quantitative estimate of drug-likeness (QED) is 0.739. The molecule has 5 nitrogen and oxygen atoms in total. The fourth-order valence-corrected chi connectivity index (χ4v) is 3.82. The van der Waals surface area contributed by atoms with E-state index >= 15 is 0 Å². The van der Waals surface area contributed by atoms with Crippen molar-refractivity contribution in [3.05, 3.63) is 83.7 Å². The van der Waals surface area contributed by atoms with Crippen molar-refractivity contribution < 1.29 is 4.79 Å². The first kappa shape index (κ1) is 17.3. The molecule has 1 fully saturated rings. The van der Waals surface area contributed by atoms with Gasteiger partial charge in [-0.25, -0.2) is 4.79 Å². The Morgan fingerprint density at radius 3 is 2.89 bits per heavy atom. The number of carbonyl (C=O) groups is 1. The van der Waals surface area contributed by atoms with Crippen LogP contribution in [0.3, 0.4) is 0 Å². The van der Waals surface area contributed by atoms with Crippen LogP contribution >= 0.6 is 0 Å². The Labute approximate surface area is 159 Å². The minimum atomic E-state index is -0.0306. The number of likely N-dealkylation sites (tertiary alicyclic amines) is 1. The largest absolute Gasteiger partial charge is 0.322 e. The molecule has 0 aliphatic carbocycles. The van der Waals surface area contributed by atoms with Crippen LogP contribution in [0.5, 0.6) is 0 Å². The van der Waals surface area contributed by atoms with Crippen LogP contribution in [-0.2, 0) is 6.54 Å². The third-order valence-corrected chi connectivity index (χ3v) is 5.14. The lowest BCUT2D eigenvalue weighted by atomic mass is 9.99. The Hall–Kier alpha value is -3.08. The van der Waals surface area contributed by atoms with Gasteiger partial charge in [-0.3, -0.25) is 4.68 Å². The Bertz CT molecular complexity index is 920. The Morgan fingerprint density at radius 1 is 1.19 bits per heavy atom. The number of benzene rings is 2. The van der Waals surface area contributed by atoms with Crippen molar-refractivity contribution in [2.24, 2.45) is 0 Å². The van der Waals surface area contributed by atoms with E-state index in [-0.39, 0.29) is 12.1 Å². The van der Waals surface area contributed by atoms with Crippen LogP contribution < -0.4 is 5.32 Å². The number of rotatable bonds is 4. The molecule has 3 aromatic rings. The zero-order chi connectivity index (χ0) is 18.6. The minimum absolute atomic E-state index is 0.0306. The fraction of sp³-hybridized carbons (Fsp3) is 0.273. The molecule has 0 bridgehead atoms. The van der Waals surface area contributed by atoms with Gasteiger partial charge in [0, 0.05) is 24.6 Å². The number of amides is 2. The first-order chi connectivity index (χ1) is 13.2. The lowest BCUT2D eigenvalue weighted by Crippen LogP contribution is -2.34. The standard InChI is InChI=1S/C22H24N4O/c1-17-7-2-3-10-20(17)21-11-5-14-26(21)22(27)24-19-9-4-8-18(15-19)16-25-13-6-12-23-25/h2-4,6-10,12-13,15,21H,5,11,14,16H2,1H3,(H,24,27)/t21-/m1/s1. The molecular weight excluding hydrogens is 336 g/mol. The van der Waals surface area contributed by atoms with E-state index in [2.05, 4.69) is 35.5 Å². The second-order valence-electron chi connectivity index (χ2n) is 7.04. The molecule has 27 heavy (non-hydrogen) atoms. The van der Waals surface area contributed by atoms with Crippen molar-refractivity contribution in [2.75, 3.05) is 11.9 Å². The molecule has 0 saturated carbocycles. The number of aromatic nitrogens is 2. The number of hydrogen-bond acceptors (Lipinski definition) is 2. The van der Waals surface area contributed by atoms with Gasteiger partial charge in [-0.2, -0.15) is 5.10 Å². The fourth-order valence-electron chi connectivity index (χ4n) is 3.82. The summed E-state index contributed by atoms with van der Waals surface area (Å²) in [6.45, 7) is 3.59. The molecule has 1 aliphatic rings. The number of nitrogens with zero attached hydrogens (tertiary/aromatic N) is 3. The zero-order valence-corrected chi connectivity index (χ0v) is 15.5. The normalized spacial score (nSPS) is 16.5. The van der Waals surface area contributed by atoms with E-state index in [0.717, 1.165) is 30.6 Å². The summed E-state index contributed by atoms with van der Waals surface area (Å²) in [4.78, 5) is 14.9. The van der Waals surface area contributed by atoms with E-state index in [0.29, 0.717) is 6.54 Å². The van der Waals surface area contributed by atoms with E-state index in [1.807, 2.05) is 52.2 Å². The summed E-state index contributed by atoms with van der Waals surface area (Å²) in [5.74, 6) is 0. The van der Waals surface area contributed by atoms with Gasteiger partial charge in [0.1, 0.15) is 0 Å². The maximum absolute atomic E-state index is 12.9. The van der Waals surface area contributed by atoms with Crippen LogP contribution in [0.1, 0.15) is 35.6 Å². The molecule has 2 amide bonds. The zero-order valence-electron chi connectivity index (χ0n) is 15.5. The average molecular weight is 360 g/mol. The van der Waals surface area contributed by atoms with Crippen molar-refractivity contribution in [3.63, 3.8) is 0 Å². The van der Waals surface area contributed by atoms with Gasteiger partial charge >= 0.3 is 6.03 Å². The van der Waals surface area contributed by atoms with Crippen molar-refractivity contribution in [2.45, 2.75) is 32.4 Å². The Balaban J connectivity index is 1.48. The molecule has 0 radical (unpaired) electrons. The Morgan fingerprint density at radius 2 is 2.07 bits per heavy atom. The van der Waals surface area contributed by atoms with Crippen molar-refractivity contribution in [1.29, 1.82) is 0 Å². The molecule has 0 spiro atoms. The van der Waals surface area contributed by atoms with E-state index in [1.165, 1.54) is 11.1 Å². The highest BCUT2D eigenvalue weighted by molar-refractivity contribution is 5.90. The number of nitrogens with one attached hydrogen (secondary N) is 1. The molecule has 4 rings (SSSR count). The van der Waals surface area contributed by atoms with Crippen molar-refractivity contribution in [3.8, 4) is 0 Å². The number of aryl methyl sites for hydroxylation is 1. The molecule has 5 heteroatoms. The lowest BCUT2D eigenvalue weighted by molar-refractivity contribution is 0.207. The highest BCUT2D eigenvalue weighted by Gasteiger charge is 2.30. The first-order valence-corrected chi connectivity index (χ1v) is 9.40. The minimum Gasteiger partial charge on any atom is -0.317 e. The van der Waals surface area contributed by atoms with E-state index in [9.17, 15) is 4.79 Å². The SMILES string of the molecule is Cc1ccccc1[C@H]1CCCN1C(=O)Nc1cccc(Cn2cccn2)c1. The Kier molecular flexibility index (Phi) is 4.92. The topological polar surface area (TPSA) is 50.2 Å². The molecule has 1 saturated heterocycles. The monoisotopic (exact) mass is 360 g/mol. The van der Waals surface area contributed by atoms with Crippen LogP contribution in [0, 0.1) is 6.92 Å². The molecule has 138 valence electrons. The summed E-state index contributed by atoms with van der Waals surface area (Å²) in [5.41, 5.74) is 4.41. The average Bonchev–Trinajstić information content (AvgIpc) is 3.34. The van der Waals surface area contributed by atoms with Gasteiger partial charge in [0.15, 0.2) is 0 Å². The van der Waals surface area contributed by atoms with Crippen LogP contribution in [0.4, 0.5) is 10.5 Å². The van der Waals surface area contributed by atoms with Crippen molar-refractivity contribution >= 4 is 11.7 Å². The second kappa shape index (κ2) is 7.66. The number of anilines is 1. The summed E-state index contributed by atoms with van der Waals surface area (Å²) in [6, 6.07) is 18.3. The van der Waals surface area contributed by atoms with Gasteiger partial charge in [-0.1, -0.05) is 36.4 Å². The van der Waals surface area contributed by atoms with Crippen LogP contribution in [-0.4, -0.2) is 27.3 Å². The van der Waals surface area contributed by atoms with E-state index < -0.39 is 0 Å². The summed E-state index contributed by atoms with van der Waals surface area (Å²) in [7, 11) is 0. The van der Waals surface area contributed by atoms with E-state index in [1.54, 1.807) is 6.20 Å². The molecule has 1 aliphatic heterocycles. The smallest absolute Gasteiger partial charge is 0.317 e. The molecule has 1 aromatic heterocycles. The van der Waals surface area contributed by atoms with Gasteiger partial charge in [-0.15, -0.1) is 0 Å². The highest BCUT2D eigenvalue weighted by Crippen LogP contribution is 2.34. The van der Waals surface area contributed by atoms with Gasteiger partial charge in [0.05, 0.1) is 12.6 Å². The summed E-state index contributed by atoms with van der Waals surface area (Å²) < 4.78 is 1.87. The predicted octanol–water partition coefficient (Wildman–Crippen LogP) is 4.61. The third-order valence-electron chi connectivity index (χ3n) is 5.14. The maximum atomic E-state index is 12.9. The number of carbonyl (C=O) groups excluding carboxylic acids is 1. The first-order valence-electron chi connectivity index (χ1n) is 9.40. The summed E-state index contributed by atoms with van der Waals surface area (Å²) in [5, 5.41) is 7.32. The molecule has 0 unspecified atom stereocenters. The number of hydrogen-bond donors (Lipinski definition) is 1. The second-order valence-corrected chi connectivity index (χ2v) is 7.04. The van der Waals surface area contributed by atoms with Crippen molar-refractivity contribution in [1.82, 2.24) is 14.7 Å². The highest BCUT2D eigenvalue weighted by atomic mass is 16.2. The summed E-state index contributed by atoms with van der Waals surface area (Å²) >= 11 is 0. The van der Waals surface area contributed by atoms with Gasteiger partial charge < -0.3 is 10.2 Å². The molecule has 2 aromatic carbocycles.